The lowest BCUT2D eigenvalue weighted by Crippen LogP contribution is -2.25. The minimum atomic E-state index is -0.197. The maximum atomic E-state index is 13.1. The molecule has 0 aliphatic rings. The minimum Gasteiger partial charge on any atom is -0.497 e. The molecule has 190 valence electrons. The van der Waals surface area contributed by atoms with E-state index in [1.165, 1.54) is 11.8 Å². The fraction of sp³-hybridized carbons (Fsp3) is 0.103. The Kier molecular flexibility index (Phi) is 7.65. The van der Waals surface area contributed by atoms with Crippen molar-refractivity contribution in [3.63, 3.8) is 0 Å². The summed E-state index contributed by atoms with van der Waals surface area (Å²) in [6, 6.07) is 30.2. The van der Waals surface area contributed by atoms with Crippen molar-refractivity contribution in [2.45, 2.75) is 11.7 Å². The summed E-state index contributed by atoms with van der Waals surface area (Å²) in [6.07, 6.45) is 0. The van der Waals surface area contributed by atoms with Crippen molar-refractivity contribution >= 4 is 40.0 Å². The van der Waals surface area contributed by atoms with Crippen LogP contribution in [-0.2, 0) is 11.3 Å². The van der Waals surface area contributed by atoms with Crippen LogP contribution in [-0.4, -0.2) is 39.4 Å². The molecule has 0 aliphatic carbocycles. The van der Waals surface area contributed by atoms with E-state index >= 15 is 0 Å². The molecule has 4 aromatic carbocycles. The molecular formula is C29H25N5O3S. The van der Waals surface area contributed by atoms with Crippen LogP contribution in [0.1, 0.15) is 16.2 Å². The molecule has 0 fully saturated rings. The average Bonchev–Trinajstić information content (AvgIpc) is 3.38. The number of carbonyl (C=O) groups excluding carboxylic acids is 2. The van der Waals surface area contributed by atoms with Gasteiger partial charge in [0.15, 0.2) is 11.0 Å². The van der Waals surface area contributed by atoms with E-state index in [1.807, 2.05) is 77.4 Å². The summed E-state index contributed by atoms with van der Waals surface area (Å²) in [5.41, 5.74) is 2.11. The van der Waals surface area contributed by atoms with Gasteiger partial charge < -0.3 is 15.4 Å². The first kappa shape index (κ1) is 25.0. The summed E-state index contributed by atoms with van der Waals surface area (Å²) in [5, 5.41) is 16.9. The Morgan fingerprint density at radius 3 is 2.39 bits per heavy atom. The van der Waals surface area contributed by atoms with Gasteiger partial charge in [-0.3, -0.25) is 14.2 Å². The van der Waals surface area contributed by atoms with Gasteiger partial charge >= 0.3 is 0 Å². The van der Waals surface area contributed by atoms with Crippen LogP contribution in [0.15, 0.2) is 102 Å². The molecule has 0 bridgehead atoms. The monoisotopic (exact) mass is 523 g/mol. The number of fused-ring (bicyclic) bond motifs is 1. The predicted octanol–water partition coefficient (Wildman–Crippen LogP) is 5.09. The predicted molar refractivity (Wildman–Crippen MR) is 149 cm³/mol. The largest absolute Gasteiger partial charge is 0.497 e. The fourth-order valence-electron chi connectivity index (χ4n) is 4.02. The lowest BCUT2D eigenvalue weighted by molar-refractivity contribution is -0.113. The van der Waals surface area contributed by atoms with Crippen LogP contribution < -0.4 is 15.4 Å². The number of rotatable bonds is 9. The Labute approximate surface area is 224 Å². The number of aromatic nitrogens is 3. The van der Waals surface area contributed by atoms with Crippen LogP contribution >= 0.6 is 11.8 Å². The van der Waals surface area contributed by atoms with Crippen molar-refractivity contribution < 1.29 is 14.3 Å². The normalized spacial score (nSPS) is 10.8. The number of nitrogens with zero attached hydrogens (tertiary/aromatic N) is 3. The number of thioether (sulfide) groups is 1. The van der Waals surface area contributed by atoms with Crippen LogP contribution in [0.2, 0.25) is 0 Å². The Morgan fingerprint density at radius 1 is 0.868 bits per heavy atom. The summed E-state index contributed by atoms with van der Waals surface area (Å²) in [7, 11) is 1.59. The molecular weight excluding hydrogens is 498 g/mol. The SMILES string of the molecule is COc1ccc(NC(=O)CSc2nnc(CNC(=O)c3cccc4ccccc34)n2-c2ccccc2)cc1. The smallest absolute Gasteiger partial charge is 0.252 e. The third-order valence-electron chi connectivity index (χ3n) is 5.86. The Morgan fingerprint density at radius 2 is 1.61 bits per heavy atom. The molecule has 2 amide bonds. The number of ether oxygens (including phenoxy) is 1. The molecule has 8 nitrogen and oxygen atoms in total. The third-order valence-corrected chi connectivity index (χ3v) is 6.79. The van der Waals surface area contributed by atoms with E-state index in [1.54, 1.807) is 31.4 Å². The van der Waals surface area contributed by atoms with Crippen LogP contribution in [0.25, 0.3) is 16.5 Å². The third kappa shape index (κ3) is 5.68. The van der Waals surface area contributed by atoms with Gasteiger partial charge in [-0.15, -0.1) is 10.2 Å². The molecule has 2 N–H and O–H groups in total. The summed E-state index contributed by atoms with van der Waals surface area (Å²) in [5.74, 6) is 1.04. The highest BCUT2D eigenvalue weighted by Crippen LogP contribution is 2.23. The number of para-hydroxylation sites is 1. The lowest BCUT2D eigenvalue weighted by atomic mass is 10.0. The number of nitrogens with one attached hydrogen (secondary N) is 2. The molecule has 1 aromatic heterocycles. The second kappa shape index (κ2) is 11.6. The number of amides is 2. The van der Waals surface area contributed by atoms with E-state index in [4.69, 9.17) is 4.74 Å². The van der Waals surface area contributed by atoms with Crippen LogP contribution in [0, 0.1) is 0 Å². The highest BCUT2D eigenvalue weighted by atomic mass is 32.2. The molecule has 0 atom stereocenters. The number of benzene rings is 4. The van der Waals surface area contributed by atoms with Gasteiger partial charge in [0.1, 0.15) is 5.75 Å². The summed E-state index contributed by atoms with van der Waals surface area (Å²) in [4.78, 5) is 25.7. The average molecular weight is 524 g/mol. The molecule has 0 spiro atoms. The first-order valence-electron chi connectivity index (χ1n) is 11.9. The van der Waals surface area contributed by atoms with Gasteiger partial charge in [0.2, 0.25) is 5.91 Å². The quantitative estimate of drug-likeness (QED) is 0.261. The number of hydrogen-bond acceptors (Lipinski definition) is 6. The Bertz CT molecular complexity index is 1560. The molecule has 0 aliphatic heterocycles. The zero-order valence-electron chi connectivity index (χ0n) is 20.6. The van der Waals surface area contributed by atoms with E-state index in [2.05, 4.69) is 20.8 Å². The van der Waals surface area contributed by atoms with E-state index in [-0.39, 0.29) is 24.1 Å². The molecule has 9 heteroatoms. The summed E-state index contributed by atoms with van der Waals surface area (Å²) in [6.45, 7) is 0.169. The topological polar surface area (TPSA) is 98.1 Å². The van der Waals surface area contributed by atoms with Gasteiger partial charge in [-0.2, -0.15) is 0 Å². The van der Waals surface area contributed by atoms with Gasteiger partial charge in [-0.25, -0.2) is 0 Å². The van der Waals surface area contributed by atoms with E-state index in [0.29, 0.717) is 28.0 Å². The summed E-state index contributed by atoms with van der Waals surface area (Å²) < 4.78 is 7.01. The van der Waals surface area contributed by atoms with E-state index in [9.17, 15) is 9.59 Å². The van der Waals surface area contributed by atoms with Gasteiger partial charge in [-0.1, -0.05) is 66.4 Å². The van der Waals surface area contributed by atoms with Gasteiger partial charge in [-0.05, 0) is 53.2 Å². The number of carbonyl (C=O) groups is 2. The molecule has 1 heterocycles. The first-order chi connectivity index (χ1) is 18.6. The number of methoxy groups -OCH3 is 1. The van der Waals surface area contributed by atoms with Gasteiger partial charge in [0.25, 0.3) is 5.91 Å². The highest BCUT2D eigenvalue weighted by molar-refractivity contribution is 7.99. The molecule has 0 saturated carbocycles. The molecule has 5 rings (SSSR count). The number of anilines is 1. The maximum Gasteiger partial charge on any atom is 0.252 e. The van der Waals surface area contributed by atoms with Crippen molar-refractivity contribution in [3.05, 3.63) is 108 Å². The highest BCUT2D eigenvalue weighted by Gasteiger charge is 2.18. The summed E-state index contributed by atoms with van der Waals surface area (Å²) >= 11 is 1.27. The van der Waals surface area contributed by atoms with Crippen molar-refractivity contribution in [2.24, 2.45) is 0 Å². The molecule has 0 saturated heterocycles. The molecule has 0 radical (unpaired) electrons. The van der Waals surface area contributed by atoms with Crippen molar-refractivity contribution in [2.75, 3.05) is 18.2 Å². The van der Waals surface area contributed by atoms with Crippen molar-refractivity contribution in [3.8, 4) is 11.4 Å². The van der Waals surface area contributed by atoms with E-state index < -0.39 is 0 Å². The zero-order chi connectivity index (χ0) is 26.3. The maximum absolute atomic E-state index is 13.1. The fourth-order valence-corrected chi connectivity index (χ4v) is 4.79. The van der Waals surface area contributed by atoms with Gasteiger partial charge in [0.05, 0.1) is 19.4 Å². The second-order valence-corrected chi connectivity index (χ2v) is 9.29. The first-order valence-corrected chi connectivity index (χ1v) is 12.9. The van der Waals surface area contributed by atoms with Crippen molar-refractivity contribution in [1.29, 1.82) is 0 Å². The Balaban J connectivity index is 1.31. The lowest BCUT2D eigenvalue weighted by Gasteiger charge is -2.12. The molecule has 5 aromatic rings. The zero-order valence-corrected chi connectivity index (χ0v) is 21.4. The minimum absolute atomic E-state index is 0.138. The second-order valence-electron chi connectivity index (χ2n) is 8.34. The molecule has 0 unspecified atom stereocenters. The van der Waals surface area contributed by atoms with Crippen LogP contribution in [0.3, 0.4) is 0 Å². The van der Waals surface area contributed by atoms with Crippen molar-refractivity contribution in [1.82, 2.24) is 20.1 Å². The number of hydrogen-bond donors (Lipinski definition) is 2. The van der Waals surface area contributed by atoms with Gasteiger partial charge in [0, 0.05) is 16.9 Å². The van der Waals surface area contributed by atoms with Crippen LogP contribution in [0.5, 0.6) is 5.75 Å². The molecule has 38 heavy (non-hydrogen) atoms. The standard InChI is InChI=1S/C29H25N5O3S/c1-37-23-16-14-21(15-17-23)31-27(35)19-38-29-33-32-26(34(29)22-10-3-2-4-11-22)18-30-28(36)25-13-7-9-20-8-5-6-12-24(20)25/h2-17H,18-19H2,1H3,(H,30,36)(H,31,35). The van der Waals surface area contributed by atoms with E-state index in [0.717, 1.165) is 16.5 Å². The Hall–Kier alpha value is -4.63. The van der Waals surface area contributed by atoms with Crippen LogP contribution in [0.4, 0.5) is 5.69 Å².